The number of fused-ring (bicyclic) bond motifs is 1. The van der Waals surface area contributed by atoms with E-state index in [2.05, 4.69) is 6.07 Å². The van der Waals surface area contributed by atoms with Crippen molar-refractivity contribution in [2.45, 2.75) is 31.5 Å². The first kappa shape index (κ1) is 9.97. The summed E-state index contributed by atoms with van der Waals surface area (Å²) in [6.07, 6.45) is 4.04. The summed E-state index contributed by atoms with van der Waals surface area (Å²) in [5, 5.41) is 0. The molecule has 0 unspecified atom stereocenters. The molecular weight excluding hydrogens is 204 g/mol. The molecule has 1 fully saturated rings. The highest BCUT2D eigenvalue weighted by Gasteiger charge is 2.41. The molecule has 1 atom stereocenters. The maximum Gasteiger partial charge on any atom is 0.211 e. The summed E-state index contributed by atoms with van der Waals surface area (Å²) < 4.78 is 17.1. The molecule has 0 aliphatic carbocycles. The minimum absolute atomic E-state index is 0.373. The van der Waals surface area contributed by atoms with Crippen LogP contribution in [-0.4, -0.2) is 19.5 Å². The van der Waals surface area contributed by atoms with Gasteiger partial charge in [-0.15, -0.1) is 0 Å². The van der Waals surface area contributed by atoms with Crippen molar-refractivity contribution in [1.82, 2.24) is 0 Å². The fourth-order valence-corrected chi connectivity index (χ4v) is 2.55. The zero-order chi connectivity index (χ0) is 11.0. The quantitative estimate of drug-likeness (QED) is 0.728. The van der Waals surface area contributed by atoms with Gasteiger partial charge in [0, 0.05) is 12.8 Å². The van der Waals surface area contributed by atoms with Crippen molar-refractivity contribution in [3.05, 3.63) is 23.8 Å². The third-order valence-electron chi connectivity index (χ3n) is 3.41. The lowest BCUT2D eigenvalue weighted by Gasteiger charge is -2.35. The van der Waals surface area contributed by atoms with Gasteiger partial charge in [-0.05, 0) is 24.5 Å². The molecule has 3 rings (SSSR count). The lowest BCUT2D eigenvalue weighted by molar-refractivity contribution is -0.161. The zero-order valence-corrected chi connectivity index (χ0v) is 9.49. The summed E-state index contributed by atoms with van der Waals surface area (Å²) in [6, 6.07) is 6.04. The monoisotopic (exact) mass is 220 g/mol. The summed E-state index contributed by atoms with van der Waals surface area (Å²) >= 11 is 0. The highest BCUT2D eigenvalue weighted by Crippen LogP contribution is 2.43. The molecule has 0 aromatic heterocycles. The molecule has 0 N–H and O–H groups in total. The molecule has 1 aromatic rings. The Morgan fingerprint density at radius 3 is 3.00 bits per heavy atom. The predicted molar refractivity (Wildman–Crippen MR) is 59.9 cm³/mol. The molecule has 3 nitrogen and oxygen atoms in total. The molecular formula is C13H16O3. The average Bonchev–Trinajstić information content (AvgIpc) is 2.77. The largest absolute Gasteiger partial charge is 0.493 e. The summed E-state index contributed by atoms with van der Waals surface area (Å²) in [4.78, 5) is 0. The number of hydrogen-bond acceptors (Lipinski definition) is 3. The second-order valence-corrected chi connectivity index (χ2v) is 4.41. The van der Waals surface area contributed by atoms with Gasteiger partial charge in [0.25, 0.3) is 0 Å². The Balaban J connectivity index is 1.97. The molecule has 0 amide bonds. The summed E-state index contributed by atoms with van der Waals surface area (Å²) in [6.45, 7) is 0.810. The van der Waals surface area contributed by atoms with Crippen LogP contribution in [0.1, 0.15) is 24.8 Å². The molecule has 3 heteroatoms. The highest BCUT2D eigenvalue weighted by molar-refractivity contribution is 5.48. The molecule has 2 heterocycles. The van der Waals surface area contributed by atoms with Crippen molar-refractivity contribution < 1.29 is 14.2 Å². The number of hydrogen-bond donors (Lipinski definition) is 0. The normalized spacial score (nSPS) is 27.6. The number of benzene rings is 1. The highest BCUT2D eigenvalue weighted by atomic mass is 16.7. The summed E-state index contributed by atoms with van der Waals surface area (Å²) in [5.41, 5.74) is 1.22. The van der Waals surface area contributed by atoms with E-state index < -0.39 is 0 Å². The van der Waals surface area contributed by atoms with Crippen molar-refractivity contribution in [1.29, 1.82) is 0 Å². The first-order valence-corrected chi connectivity index (χ1v) is 5.82. The predicted octanol–water partition coefficient (Wildman–Crippen LogP) is 2.53. The van der Waals surface area contributed by atoms with Crippen LogP contribution in [0.25, 0.3) is 0 Å². The molecule has 2 aliphatic heterocycles. The van der Waals surface area contributed by atoms with E-state index in [1.54, 1.807) is 7.11 Å². The van der Waals surface area contributed by atoms with Crippen molar-refractivity contribution in [3.8, 4) is 11.5 Å². The standard InChI is InChI=1S/C13H16O3/c1-14-11-5-2-4-10-6-8-13(16-12(10)11)7-3-9-15-13/h2,4-5H,3,6-9H2,1H3/t13-/m1/s1. The van der Waals surface area contributed by atoms with E-state index in [0.717, 1.165) is 43.8 Å². The minimum Gasteiger partial charge on any atom is -0.493 e. The van der Waals surface area contributed by atoms with Gasteiger partial charge >= 0.3 is 0 Å². The molecule has 1 spiro atoms. The Hall–Kier alpha value is -1.22. The molecule has 86 valence electrons. The van der Waals surface area contributed by atoms with Gasteiger partial charge in [-0.3, -0.25) is 0 Å². The van der Waals surface area contributed by atoms with Gasteiger partial charge in [-0.2, -0.15) is 0 Å². The molecule has 0 bridgehead atoms. The van der Waals surface area contributed by atoms with Crippen molar-refractivity contribution >= 4 is 0 Å². The van der Waals surface area contributed by atoms with Crippen LogP contribution in [0.2, 0.25) is 0 Å². The first-order valence-electron chi connectivity index (χ1n) is 5.82. The number of methoxy groups -OCH3 is 1. The van der Waals surface area contributed by atoms with Crippen LogP contribution in [-0.2, 0) is 11.2 Å². The fourth-order valence-electron chi connectivity index (χ4n) is 2.55. The van der Waals surface area contributed by atoms with E-state index in [9.17, 15) is 0 Å². The Labute approximate surface area is 95.3 Å². The van der Waals surface area contributed by atoms with Gasteiger partial charge in [0.2, 0.25) is 5.79 Å². The van der Waals surface area contributed by atoms with Crippen LogP contribution < -0.4 is 9.47 Å². The van der Waals surface area contributed by atoms with Crippen molar-refractivity contribution in [3.63, 3.8) is 0 Å². The van der Waals surface area contributed by atoms with Gasteiger partial charge in [0.15, 0.2) is 11.5 Å². The van der Waals surface area contributed by atoms with Crippen LogP contribution in [0.4, 0.5) is 0 Å². The van der Waals surface area contributed by atoms with Gasteiger partial charge in [-0.25, -0.2) is 0 Å². The Morgan fingerprint density at radius 2 is 2.25 bits per heavy atom. The van der Waals surface area contributed by atoms with E-state index in [1.807, 2.05) is 12.1 Å². The molecule has 1 saturated heterocycles. The van der Waals surface area contributed by atoms with E-state index in [0.29, 0.717) is 0 Å². The Morgan fingerprint density at radius 1 is 1.31 bits per heavy atom. The maximum absolute atomic E-state index is 6.06. The van der Waals surface area contributed by atoms with Crippen molar-refractivity contribution in [2.24, 2.45) is 0 Å². The number of rotatable bonds is 1. The van der Waals surface area contributed by atoms with E-state index in [4.69, 9.17) is 14.2 Å². The molecule has 2 aliphatic rings. The topological polar surface area (TPSA) is 27.7 Å². The third-order valence-corrected chi connectivity index (χ3v) is 3.41. The summed E-state index contributed by atoms with van der Waals surface area (Å²) in [7, 11) is 1.68. The number of ether oxygens (including phenoxy) is 3. The lowest BCUT2D eigenvalue weighted by Crippen LogP contribution is -2.38. The minimum atomic E-state index is -0.373. The second kappa shape index (κ2) is 3.67. The van der Waals surface area contributed by atoms with E-state index in [-0.39, 0.29) is 5.79 Å². The van der Waals surface area contributed by atoms with Gasteiger partial charge < -0.3 is 14.2 Å². The Bertz CT molecular complexity index is 380. The first-order chi connectivity index (χ1) is 7.83. The number of para-hydroxylation sites is 1. The SMILES string of the molecule is COc1cccc2c1O[C@]1(CCCO1)CC2. The lowest BCUT2D eigenvalue weighted by atomic mass is 9.97. The van der Waals surface area contributed by atoms with E-state index >= 15 is 0 Å². The molecule has 1 aromatic carbocycles. The van der Waals surface area contributed by atoms with E-state index in [1.165, 1.54) is 5.56 Å². The van der Waals surface area contributed by atoms with Crippen LogP contribution in [0, 0.1) is 0 Å². The van der Waals surface area contributed by atoms with Crippen LogP contribution in [0.15, 0.2) is 18.2 Å². The molecule has 0 radical (unpaired) electrons. The molecule has 0 saturated carbocycles. The maximum atomic E-state index is 6.06. The van der Waals surface area contributed by atoms with Crippen LogP contribution in [0.5, 0.6) is 11.5 Å². The van der Waals surface area contributed by atoms with Gasteiger partial charge in [0.1, 0.15) is 0 Å². The van der Waals surface area contributed by atoms with Crippen LogP contribution >= 0.6 is 0 Å². The van der Waals surface area contributed by atoms with Crippen molar-refractivity contribution in [2.75, 3.05) is 13.7 Å². The van der Waals surface area contributed by atoms with Gasteiger partial charge in [0.05, 0.1) is 13.7 Å². The average molecular weight is 220 g/mol. The van der Waals surface area contributed by atoms with Crippen LogP contribution in [0.3, 0.4) is 0 Å². The molecule has 16 heavy (non-hydrogen) atoms. The zero-order valence-electron chi connectivity index (χ0n) is 9.49. The fraction of sp³-hybridized carbons (Fsp3) is 0.538. The smallest absolute Gasteiger partial charge is 0.211 e. The summed E-state index contributed by atoms with van der Waals surface area (Å²) in [5.74, 6) is 1.31. The number of aryl methyl sites for hydroxylation is 1. The second-order valence-electron chi connectivity index (χ2n) is 4.41. The third kappa shape index (κ3) is 1.47. The Kier molecular flexibility index (Phi) is 2.28. The van der Waals surface area contributed by atoms with Gasteiger partial charge in [-0.1, -0.05) is 12.1 Å².